The Morgan fingerprint density at radius 3 is 2.71 bits per heavy atom. The van der Waals surface area contributed by atoms with Crippen LogP contribution in [0.4, 0.5) is 0 Å². The van der Waals surface area contributed by atoms with E-state index in [4.69, 9.17) is 5.73 Å². The van der Waals surface area contributed by atoms with E-state index in [0.717, 1.165) is 25.1 Å². The topological polar surface area (TPSA) is 75.4 Å². The van der Waals surface area contributed by atoms with Gasteiger partial charge in [0, 0.05) is 36.2 Å². The summed E-state index contributed by atoms with van der Waals surface area (Å²) < 4.78 is 28.4. The standard InChI is InChI=1S/C14H20BrN3O2S/c15-13-7-10(8-16)1-4-14(13)21(19,20)17-11-5-6-18(9-11)12-2-3-12/h1,4,7,11-12,17H,2-3,5-6,8-9,16H2. The fourth-order valence-corrected chi connectivity index (χ4v) is 5.21. The molecular weight excluding hydrogens is 354 g/mol. The van der Waals surface area contributed by atoms with Gasteiger partial charge in [-0.15, -0.1) is 0 Å². The van der Waals surface area contributed by atoms with E-state index in [1.807, 2.05) is 0 Å². The molecule has 0 amide bonds. The van der Waals surface area contributed by atoms with Crippen LogP contribution in [0.15, 0.2) is 27.6 Å². The summed E-state index contributed by atoms with van der Waals surface area (Å²) in [5.41, 5.74) is 6.47. The maximum atomic E-state index is 12.5. The van der Waals surface area contributed by atoms with Gasteiger partial charge in [-0.2, -0.15) is 0 Å². The van der Waals surface area contributed by atoms with Gasteiger partial charge >= 0.3 is 0 Å². The van der Waals surface area contributed by atoms with Crippen molar-refractivity contribution in [3.63, 3.8) is 0 Å². The highest BCUT2D eigenvalue weighted by Crippen LogP contribution is 2.30. The van der Waals surface area contributed by atoms with Crippen LogP contribution in [0.1, 0.15) is 24.8 Å². The van der Waals surface area contributed by atoms with E-state index in [1.165, 1.54) is 12.8 Å². The fourth-order valence-electron chi connectivity index (χ4n) is 2.83. The minimum atomic E-state index is -3.49. The largest absolute Gasteiger partial charge is 0.326 e. The van der Waals surface area contributed by atoms with E-state index in [0.29, 0.717) is 17.1 Å². The van der Waals surface area contributed by atoms with Gasteiger partial charge in [-0.3, -0.25) is 4.90 Å². The number of nitrogens with one attached hydrogen (secondary N) is 1. The molecule has 7 heteroatoms. The molecule has 1 aromatic carbocycles. The average Bonchev–Trinajstić information content (AvgIpc) is 3.19. The molecular formula is C14H20BrN3O2S. The van der Waals surface area contributed by atoms with Crippen molar-refractivity contribution in [3.8, 4) is 0 Å². The zero-order chi connectivity index (χ0) is 15.0. The Kier molecular flexibility index (Phi) is 4.38. The van der Waals surface area contributed by atoms with Crippen molar-refractivity contribution in [1.29, 1.82) is 0 Å². The molecule has 21 heavy (non-hydrogen) atoms. The second-order valence-electron chi connectivity index (χ2n) is 5.80. The molecule has 116 valence electrons. The van der Waals surface area contributed by atoms with Crippen molar-refractivity contribution in [2.75, 3.05) is 13.1 Å². The van der Waals surface area contributed by atoms with E-state index < -0.39 is 10.0 Å². The second-order valence-corrected chi connectivity index (χ2v) is 8.34. The predicted octanol–water partition coefficient (Wildman–Crippen LogP) is 1.42. The van der Waals surface area contributed by atoms with Crippen LogP contribution in [0.2, 0.25) is 0 Å². The number of sulfonamides is 1. The highest BCUT2D eigenvalue weighted by Gasteiger charge is 2.36. The number of nitrogens with two attached hydrogens (primary N) is 1. The first-order chi connectivity index (χ1) is 9.99. The van der Waals surface area contributed by atoms with E-state index >= 15 is 0 Å². The normalized spacial score (nSPS) is 23.6. The van der Waals surface area contributed by atoms with Crippen LogP contribution in [0.5, 0.6) is 0 Å². The first kappa shape index (κ1) is 15.4. The van der Waals surface area contributed by atoms with Gasteiger partial charge in [0.25, 0.3) is 0 Å². The third-order valence-electron chi connectivity index (χ3n) is 4.13. The molecule has 1 saturated carbocycles. The molecule has 0 spiro atoms. The summed E-state index contributed by atoms with van der Waals surface area (Å²) in [6.07, 6.45) is 3.39. The first-order valence-corrected chi connectivity index (χ1v) is 9.52. The van der Waals surface area contributed by atoms with Crippen LogP contribution in [0.3, 0.4) is 0 Å². The summed E-state index contributed by atoms with van der Waals surface area (Å²) >= 11 is 3.33. The number of hydrogen-bond donors (Lipinski definition) is 2. The lowest BCUT2D eigenvalue weighted by Crippen LogP contribution is -2.37. The second kappa shape index (κ2) is 5.96. The SMILES string of the molecule is NCc1ccc(S(=O)(=O)NC2CCN(C3CC3)C2)c(Br)c1. The van der Waals surface area contributed by atoms with E-state index in [1.54, 1.807) is 18.2 Å². The average molecular weight is 374 g/mol. The highest BCUT2D eigenvalue weighted by atomic mass is 79.9. The minimum Gasteiger partial charge on any atom is -0.326 e. The van der Waals surface area contributed by atoms with Crippen molar-refractivity contribution in [3.05, 3.63) is 28.2 Å². The van der Waals surface area contributed by atoms with Gasteiger partial charge in [-0.1, -0.05) is 6.07 Å². The number of benzene rings is 1. The zero-order valence-corrected chi connectivity index (χ0v) is 14.2. The Bertz CT molecular complexity index is 631. The van der Waals surface area contributed by atoms with Crippen LogP contribution in [0, 0.1) is 0 Å². The van der Waals surface area contributed by atoms with Crippen molar-refractivity contribution < 1.29 is 8.42 Å². The van der Waals surface area contributed by atoms with Gasteiger partial charge in [0.15, 0.2) is 0 Å². The van der Waals surface area contributed by atoms with Gasteiger partial charge < -0.3 is 5.73 Å². The molecule has 2 fully saturated rings. The summed E-state index contributed by atoms with van der Waals surface area (Å²) in [6.45, 7) is 2.21. The maximum Gasteiger partial charge on any atom is 0.241 e. The van der Waals surface area contributed by atoms with Crippen molar-refractivity contribution in [2.24, 2.45) is 5.73 Å². The van der Waals surface area contributed by atoms with Crippen molar-refractivity contribution in [2.45, 2.75) is 42.8 Å². The molecule has 0 bridgehead atoms. The molecule has 1 unspecified atom stereocenters. The Hall–Kier alpha value is -0.470. The predicted molar refractivity (Wildman–Crippen MR) is 85.4 cm³/mol. The van der Waals surface area contributed by atoms with Crippen molar-refractivity contribution >= 4 is 26.0 Å². The Labute approximate surface area is 134 Å². The lowest BCUT2D eigenvalue weighted by Gasteiger charge is -2.16. The highest BCUT2D eigenvalue weighted by molar-refractivity contribution is 9.10. The van der Waals surface area contributed by atoms with Crippen LogP contribution in [0.25, 0.3) is 0 Å². The molecule has 1 aromatic rings. The number of nitrogens with zero attached hydrogens (tertiary/aromatic N) is 1. The number of hydrogen-bond acceptors (Lipinski definition) is 4. The number of halogens is 1. The van der Waals surface area contributed by atoms with Gasteiger partial charge in [-0.25, -0.2) is 13.1 Å². The summed E-state index contributed by atoms with van der Waals surface area (Å²) in [5.74, 6) is 0. The summed E-state index contributed by atoms with van der Waals surface area (Å²) in [6, 6.07) is 5.83. The third kappa shape index (κ3) is 3.48. The van der Waals surface area contributed by atoms with Gasteiger partial charge in [0.2, 0.25) is 10.0 Å². The maximum absolute atomic E-state index is 12.5. The zero-order valence-electron chi connectivity index (χ0n) is 11.8. The van der Waals surface area contributed by atoms with Gasteiger partial charge in [0.1, 0.15) is 0 Å². The molecule has 1 aliphatic carbocycles. The quantitative estimate of drug-likeness (QED) is 0.818. The Balaban J connectivity index is 1.71. The molecule has 3 N–H and O–H groups in total. The molecule has 5 nitrogen and oxygen atoms in total. The van der Waals surface area contributed by atoms with Crippen LogP contribution < -0.4 is 10.5 Å². The minimum absolute atomic E-state index is 0.0108. The Morgan fingerprint density at radius 2 is 2.10 bits per heavy atom. The van der Waals surface area contributed by atoms with E-state index in [-0.39, 0.29) is 10.9 Å². The summed E-state index contributed by atoms with van der Waals surface area (Å²) in [4.78, 5) is 2.67. The molecule has 1 aliphatic heterocycles. The summed E-state index contributed by atoms with van der Waals surface area (Å²) in [7, 11) is -3.49. The van der Waals surface area contributed by atoms with Crippen molar-refractivity contribution in [1.82, 2.24) is 9.62 Å². The molecule has 0 radical (unpaired) electrons. The van der Waals surface area contributed by atoms with Gasteiger partial charge in [0.05, 0.1) is 4.90 Å². The van der Waals surface area contributed by atoms with E-state index in [2.05, 4.69) is 25.6 Å². The molecule has 2 aliphatic rings. The third-order valence-corrected chi connectivity index (χ3v) is 6.62. The smallest absolute Gasteiger partial charge is 0.241 e. The molecule has 1 atom stereocenters. The number of rotatable bonds is 5. The molecule has 3 rings (SSSR count). The van der Waals surface area contributed by atoms with E-state index in [9.17, 15) is 8.42 Å². The molecule has 1 saturated heterocycles. The lowest BCUT2D eigenvalue weighted by molar-refractivity contribution is 0.322. The van der Waals surface area contributed by atoms with Crippen LogP contribution in [-0.2, 0) is 16.6 Å². The van der Waals surface area contributed by atoms with Crippen LogP contribution in [-0.4, -0.2) is 38.5 Å². The molecule has 1 heterocycles. The van der Waals surface area contributed by atoms with Crippen LogP contribution >= 0.6 is 15.9 Å². The first-order valence-electron chi connectivity index (χ1n) is 7.24. The molecule has 0 aromatic heterocycles. The van der Waals surface area contributed by atoms with Gasteiger partial charge in [-0.05, 0) is 52.9 Å². The lowest BCUT2D eigenvalue weighted by atomic mass is 10.2. The Morgan fingerprint density at radius 1 is 1.33 bits per heavy atom. The fraction of sp³-hybridized carbons (Fsp3) is 0.571. The number of likely N-dealkylation sites (tertiary alicyclic amines) is 1. The monoisotopic (exact) mass is 373 g/mol. The summed E-state index contributed by atoms with van der Waals surface area (Å²) in [5, 5.41) is 0.